The van der Waals surface area contributed by atoms with Crippen molar-refractivity contribution < 1.29 is 57.8 Å². The molecule has 11 amide bonds. The van der Waals surface area contributed by atoms with Crippen LogP contribution in [0.2, 0.25) is 0 Å². The van der Waals surface area contributed by atoms with Crippen molar-refractivity contribution in [2.24, 2.45) is 46.4 Å². The summed E-state index contributed by atoms with van der Waals surface area (Å²) in [5, 5.41) is 24.8. The van der Waals surface area contributed by atoms with Crippen LogP contribution in [0.25, 0.3) is 0 Å². The molecule has 0 radical (unpaired) electrons. The molecule has 13 atom stereocenters. The molecule has 1 heterocycles. The van der Waals surface area contributed by atoms with E-state index in [1.54, 1.807) is 79.9 Å². The summed E-state index contributed by atoms with van der Waals surface area (Å²) < 4.78 is 0. The number of carbonyl (C=O) groups excluding carboxylic acids is 11. The highest BCUT2D eigenvalue weighted by Crippen LogP contribution is 2.27. The SMILES string of the molecule is C/C=C/C[C@@H](C)[C@@H](O)[C@H]1C(=O)N[C@@H](CC)C(=O)N(C)[C@H](SCCN=CN(C)C)C(=O)N(C)[C@@H](CC(C)C)C(=O)N[C@@H](C(C)C)C(=O)N[C@@H](CC(C)C)C(=O)N[C@@H](C)C(=O)N[C@H](C)C(=O)N(C)[C@@H](CC(C)C)C(=O)N(C)[C@@H](CC(C)C)C(=O)N(C)[C@@H](C(C)C)C(=O)N1C. The van der Waals surface area contributed by atoms with Crippen LogP contribution >= 0.6 is 11.8 Å². The van der Waals surface area contributed by atoms with Gasteiger partial charge >= 0.3 is 0 Å². The van der Waals surface area contributed by atoms with E-state index in [4.69, 9.17) is 0 Å². The highest BCUT2D eigenvalue weighted by Gasteiger charge is 2.46. The van der Waals surface area contributed by atoms with Crippen molar-refractivity contribution in [2.75, 3.05) is 68.7 Å². The Balaban J connectivity index is 4.50. The third-order valence-electron chi connectivity index (χ3n) is 16.5. The van der Waals surface area contributed by atoms with Crippen LogP contribution in [0, 0.1) is 41.4 Å². The van der Waals surface area contributed by atoms with Crippen molar-refractivity contribution in [3.63, 3.8) is 0 Å². The van der Waals surface area contributed by atoms with Crippen molar-refractivity contribution in [3.8, 4) is 0 Å². The molecule has 1 aliphatic rings. The number of aliphatic hydroxyl groups is 1. The number of carbonyl (C=O) groups is 11. The number of aliphatic hydroxyl groups excluding tert-OH is 1. The van der Waals surface area contributed by atoms with Crippen molar-refractivity contribution in [3.05, 3.63) is 12.2 Å². The van der Waals surface area contributed by atoms with Crippen molar-refractivity contribution in [1.82, 2.24) is 60.9 Å². The molecule has 0 bridgehead atoms. The maximum Gasteiger partial charge on any atom is 0.256 e. The van der Waals surface area contributed by atoms with Crippen LogP contribution in [0.5, 0.6) is 0 Å². The van der Waals surface area contributed by atoms with E-state index in [1.807, 2.05) is 61.5 Å². The van der Waals surface area contributed by atoms with Gasteiger partial charge in [0.1, 0.15) is 60.4 Å². The fourth-order valence-electron chi connectivity index (χ4n) is 11.1. The summed E-state index contributed by atoms with van der Waals surface area (Å²) in [6, 6.07) is -12.7. The van der Waals surface area contributed by atoms with Crippen LogP contribution < -0.4 is 26.6 Å². The molecule has 1 fully saturated rings. The van der Waals surface area contributed by atoms with Crippen LogP contribution in [0.1, 0.15) is 156 Å². The zero-order chi connectivity index (χ0) is 71.1. The first-order valence-corrected chi connectivity index (χ1v) is 33.8. The van der Waals surface area contributed by atoms with E-state index in [1.165, 1.54) is 80.6 Å². The Kier molecular flexibility index (Phi) is 35.9. The summed E-state index contributed by atoms with van der Waals surface area (Å²) in [7, 11) is 12.1. The number of nitrogens with zero attached hydrogens (tertiary/aromatic N) is 8. The predicted molar refractivity (Wildman–Crippen MR) is 362 cm³/mol. The number of amides is 11. The summed E-state index contributed by atoms with van der Waals surface area (Å²) in [6.45, 7) is 30.0. The molecular formula is C66H119N13O12S. The summed E-state index contributed by atoms with van der Waals surface area (Å²) >= 11 is 1.08. The zero-order valence-corrected chi connectivity index (χ0v) is 61.1. The lowest BCUT2D eigenvalue weighted by Gasteiger charge is -2.41. The van der Waals surface area contributed by atoms with E-state index in [0.29, 0.717) is 6.42 Å². The van der Waals surface area contributed by atoms with E-state index < -0.39 is 155 Å². The third-order valence-corrected chi connectivity index (χ3v) is 17.8. The lowest BCUT2D eigenvalue weighted by molar-refractivity contribution is -0.157. The molecule has 526 valence electrons. The highest BCUT2D eigenvalue weighted by molar-refractivity contribution is 8.00. The van der Waals surface area contributed by atoms with Crippen LogP contribution in [-0.4, -0.2) is 251 Å². The first kappa shape index (κ1) is 83.7. The van der Waals surface area contributed by atoms with Crippen LogP contribution in [0.4, 0.5) is 0 Å². The molecule has 25 nitrogen and oxygen atoms in total. The fraction of sp³-hybridized carbons (Fsp3) is 0.788. The molecular weight excluding hydrogens is 1200 g/mol. The summed E-state index contributed by atoms with van der Waals surface area (Å²) in [5.74, 6) is -9.94. The van der Waals surface area contributed by atoms with Gasteiger partial charge in [-0.05, 0) is 101 Å². The van der Waals surface area contributed by atoms with E-state index in [-0.39, 0.29) is 68.1 Å². The standard InChI is InChI=1S/C66H119N13O12S/c1-26-28-29-43(15)54(80)53-59(85)70-46(27-2)61(87)79(25)66(92-31-30-67-36-73(18)19)65(91)74(20)48(33-38(5)6)57(83)72-51(41(11)12)58(84)71-47(32-37(3)4)56(82)68-44(16)55(81)69-45(17)60(86)75(21)49(34-39(7)8)62(88)76(22)50(35-40(9)10)63(89)77(23)52(42(13)14)64(90)78(53)24/h26,28,36-54,66,80H,27,29-35H2,1-25H3,(H,68,82)(H,69,81)(H,70,85)(H,71,84)(H,72,83)/b28-26+,67-36?/t43-,44+,45-,46+,47+,48+,49+,50+,51+,52+,53+,54-,66-/m1/s1. The Labute approximate surface area is 554 Å². The molecule has 1 saturated heterocycles. The second-order valence-electron chi connectivity index (χ2n) is 27.6. The van der Waals surface area contributed by atoms with Gasteiger partial charge in [-0.25, -0.2) is 0 Å². The minimum absolute atomic E-state index is 0.0147. The molecule has 0 spiro atoms. The number of likely N-dealkylation sites (N-methyl/N-ethyl adjacent to an activating group) is 6. The second kappa shape index (κ2) is 39.4. The smallest absolute Gasteiger partial charge is 0.256 e. The number of nitrogens with one attached hydrogen (secondary N) is 5. The predicted octanol–water partition coefficient (Wildman–Crippen LogP) is 3.58. The lowest BCUT2D eigenvalue weighted by atomic mass is 9.91. The monoisotopic (exact) mass is 1320 g/mol. The number of hydrogen-bond acceptors (Lipinski definition) is 14. The van der Waals surface area contributed by atoms with Gasteiger partial charge in [0.15, 0.2) is 5.37 Å². The summed E-state index contributed by atoms with van der Waals surface area (Å²) in [6.07, 6.45) is 4.47. The van der Waals surface area contributed by atoms with Crippen LogP contribution in [0.15, 0.2) is 17.1 Å². The Morgan fingerprint density at radius 2 is 0.967 bits per heavy atom. The van der Waals surface area contributed by atoms with Gasteiger partial charge in [-0.2, -0.15) is 0 Å². The van der Waals surface area contributed by atoms with Gasteiger partial charge in [-0.3, -0.25) is 57.7 Å². The van der Waals surface area contributed by atoms with Gasteiger partial charge < -0.3 is 66.0 Å². The molecule has 0 aromatic carbocycles. The fourth-order valence-corrected chi connectivity index (χ4v) is 12.1. The Hall–Kier alpha value is -6.31. The van der Waals surface area contributed by atoms with Gasteiger partial charge in [0.2, 0.25) is 59.1 Å². The van der Waals surface area contributed by atoms with Crippen molar-refractivity contribution in [2.45, 2.75) is 228 Å². The Bertz CT molecular complexity index is 2530. The first-order valence-electron chi connectivity index (χ1n) is 32.8. The van der Waals surface area contributed by atoms with Crippen molar-refractivity contribution >= 4 is 83.1 Å². The maximum atomic E-state index is 15.3. The first-order chi connectivity index (χ1) is 42.6. The molecule has 1 rings (SSSR count). The van der Waals surface area contributed by atoms with Gasteiger partial charge in [-0.1, -0.05) is 109 Å². The van der Waals surface area contributed by atoms with Gasteiger partial charge in [-0.15, -0.1) is 11.8 Å². The number of aliphatic imine (C=N–C) groups is 1. The largest absolute Gasteiger partial charge is 0.390 e. The highest BCUT2D eigenvalue weighted by atomic mass is 32.2. The van der Waals surface area contributed by atoms with Gasteiger partial charge in [0.05, 0.1) is 12.4 Å². The molecule has 0 aliphatic carbocycles. The zero-order valence-electron chi connectivity index (χ0n) is 60.3. The normalized spacial score (nSPS) is 26.5. The number of rotatable bonds is 20. The minimum Gasteiger partial charge on any atom is -0.390 e. The number of thioether (sulfide) groups is 1. The van der Waals surface area contributed by atoms with Crippen LogP contribution in [0.3, 0.4) is 0 Å². The lowest BCUT2D eigenvalue weighted by Crippen LogP contribution is -2.64. The second-order valence-corrected chi connectivity index (χ2v) is 28.8. The van der Waals surface area contributed by atoms with Gasteiger partial charge in [0.25, 0.3) is 5.91 Å². The molecule has 6 N–H and O–H groups in total. The van der Waals surface area contributed by atoms with E-state index >= 15 is 28.8 Å². The van der Waals surface area contributed by atoms with Crippen LogP contribution in [-0.2, 0) is 52.7 Å². The average molecular weight is 1320 g/mol. The average Bonchev–Trinajstić information content (AvgIpc) is 0.810. The van der Waals surface area contributed by atoms with Crippen molar-refractivity contribution in [1.29, 1.82) is 0 Å². The molecule has 0 unspecified atom stereocenters. The summed E-state index contributed by atoms with van der Waals surface area (Å²) in [5.41, 5.74) is 0. The molecule has 0 aromatic heterocycles. The Morgan fingerprint density at radius 1 is 0.500 bits per heavy atom. The van der Waals surface area contributed by atoms with Gasteiger partial charge in [0, 0.05) is 68.7 Å². The van der Waals surface area contributed by atoms with E-state index in [0.717, 1.165) is 16.7 Å². The molecule has 0 saturated carbocycles. The quantitative estimate of drug-likeness (QED) is 0.0440. The minimum atomic E-state index is -1.65. The summed E-state index contributed by atoms with van der Waals surface area (Å²) in [4.78, 5) is 176. The molecule has 0 aromatic rings. The molecule has 1 aliphatic heterocycles. The third kappa shape index (κ3) is 24.9. The molecule has 26 heteroatoms. The Morgan fingerprint density at radius 3 is 1.45 bits per heavy atom. The number of allylic oxidation sites excluding steroid dienone is 2. The van der Waals surface area contributed by atoms with E-state index in [9.17, 15) is 29.1 Å². The number of hydrogen-bond donors (Lipinski definition) is 6. The van der Waals surface area contributed by atoms with E-state index in [2.05, 4.69) is 31.6 Å². The maximum absolute atomic E-state index is 15.3. The topological polar surface area (TPSA) is 303 Å². The molecule has 92 heavy (non-hydrogen) atoms.